The molecule has 0 unspecified atom stereocenters. The highest BCUT2D eigenvalue weighted by molar-refractivity contribution is 5.55. The molecule has 3 aromatic heterocycles. The summed E-state index contributed by atoms with van der Waals surface area (Å²) in [4.78, 5) is 6.72. The van der Waals surface area contributed by atoms with E-state index in [4.69, 9.17) is 10.2 Å². The molecule has 0 aliphatic rings. The number of rotatable bonds is 4. The number of fused-ring (bicyclic) bond motifs is 1. The van der Waals surface area contributed by atoms with Gasteiger partial charge in [-0.15, -0.1) is 0 Å². The van der Waals surface area contributed by atoms with Crippen molar-refractivity contribution in [2.45, 2.75) is 20.0 Å². The van der Waals surface area contributed by atoms with Gasteiger partial charge in [0.05, 0.1) is 12.2 Å². The first-order valence-electron chi connectivity index (χ1n) is 6.61. The van der Waals surface area contributed by atoms with E-state index in [1.54, 1.807) is 0 Å². The van der Waals surface area contributed by atoms with Crippen LogP contribution in [0.4, 0.5) is 5.82 Å². The topological polar surface area (TPSA) is 59.7 Å². The molecule has 0 atom stereocenters. The van der Waals surface area contributed by atoms with Gasteiger partial charge in [0.2, 0.25) is 0 Å². The zero-order valence-electron chi connectivity index (χ0n) is 11.7. The van der Waals surface area contributed by atoms with Crippen LogP contribution in [0.25, 0.3) is 5.65 Å². The number of anilines is 1. The number of pyridine rings is 1. The fourth-order valence-corrected chi connectivity index (χ4v) is 2.41. The van der Waals surface area contributed by atoms with E-state index in [2.05, 4.69) is 9.88 Å². The van der Waals surface area contributed by atoms with Crippen LogP contribution in [0.15, 0.2) is 40.9 Å². The van der Waals surface area contributed by atoms with E-state index in [0.29, 0.717) is 13.1 Å². The Morgan fingerprint density at radius 1 is 1.30 bits per heavy atom. The summed E-state index contributed by atoms with van der Waals surface area (Å²) in [5, 5.41) is 0. The Balaban J connectivity index is 1.96. The summed E-state index contributed by atoms with van der Waals surface area (Å²) < 4.78 is 7.64. The molecule has 3 aromatic rings. The van der Waals surface area contributed by atoms with Crippen LogP contribution in [0.1, 0.15) is 17.2 Å². The molecule has 0 fully saturated rings. The van der Waals surface area contributed by atoms with E-state index in [-0.39, 0.29) is 0 Å². The highest BCUT2D eigenvalue weighted by Gasteiger charge is 2.15. The van der Waals surface area contributed by atoms with Crippen molar-refractivity contribution in [2.75, 3.05) is 11.9 Å². The molecule has 0 aliphatic heterocycles. The van der Waals surface area contributed by atoms with Crippen LogP contribution >= 0.6 is 0 Å². The molecule has 0 spiro atoms. The molecule has 104 valence electrons. The minimum atomic E-state index is 0.446. The molecule has 0 radical (unpaired) electrons. The Kier molecular flexibility index (Phi) is 3.20. The first-order chi connectivity index (χ1) is 9.69. The standard InChI is InChI=1S/C15H18N4O/c1-11-6-7-12(20-11)10-18(2)15-13(9-16)19-8-4-3-5-14(19)17-15/h3-8H,9-10,16H2,1-2H3. The van der Waals surface area contributed by atoms with Crippen molar-refractivity contribution in [2.24, 2.45) is 5.73 Å². The summed E-state index contributed by atoms with van der Waals surface area (Å²) >= 11 is 0. The van der Waals surface area contributed by atoms with E-state index in [9.17, 15) is 0 Å². The predicted molar refractivity (Wildman–Crippen MR) is 78.6 cm³/mol. The van der Waals surface area contributed by atoms with Crippen molar-refractivity contribution in [3.05, 3.63) is 53.7 Å². The van der Waals surface area contributed by atoms with Crippen LogP contribution in [0.5, 0.6) is 0 Å². The number of aryl methyl sites for hydroxylation is 1. The summed E-state index contributed by atoms with van der Waals surface area (Å²) in [6, 6.07) is 9.89. The lowest BCUT2D eigenvalue weighted by molar-refractivity contribution is 0.481. The van der Waals surface area contributed by atoms with Crippen molar-refractivity contribution in [1.82, 2.24) is 9.38 Å². The van der Waals surface area contributed by atoms with Gasteiger partial charge in [0, 0.05) is 19.8 Å². The first kappa shape index (κ1) is 12.7. The Hall–Kier alpha value is -2.27. The number of nitrogens with two attached hydrogens (primary N) is 1. The quantitative estimate of drug-likeness (QED) is 0.790. The minimum Gasteiger partial charge on any atom is -0.464 e. The van der Waals surface area contributed by atoms with Crippen LogP contribution in [-0.2, 0) is 13.1 Å². The molecule has 0 amide bonds. The molecule has 3 heterocycles. The van der Waals surface area contributed by atoms with Gasteiger partial charge >= 0.3 is 0 Å². The molecule has 20 heavy (non-hydrogen) atoms. The van der Waals surface area contributed by atoms with Gasteiger partial charge in [0.25, 0.3) is 0 Å². The molecule has 0 aliphatic carbocycles. The molecule has 0 saturated heterocycles. The largest absolute Gasteiger partial charge is 0.464 e. The Labute approximate surface area is 117 Å². The summed E-state index contributed by atoms with van der Waals surface area (Å²) in [5.74, 6) is 2.74. The lowest BCUT2D eigenvalue weighted by Crippen LogP contribution is -2.19. The number of nitrogens with zero attached hydrogens (tertiary/aromatic N) is 3. The predicted octanol–water partition coefficient (Wildman–Crippen LogP) is 2.33. The molecule has 5 heteroatoms. The van der Waals surface area contributed by atoms with E-state index in [0.717, 1.165) is 28.7 Å². The van der Waals surface area contributed by atoms with Gasteiger partial charge < -0.3 is 19.5 Å². The molecule has 2 N–H and O–H groups in total. The Bertz CT molecular complexity index is 728. The fourth-order valence-electron chi connectivity index (χ4n) is 2.41. The van der Waals surface area contributed by atoms with Gasteiger partial charge in [-0.1, -0.05) is 6.07 Å². The third-order valence-electron chi connectivity index (χ3n) is 3.35. The van der Waals surface area contributed by atoms with E-state index < -0.39 is 0 Å². The van der Waals surface area contributed by atoms with Gasteiger partial charge in [-0.25, -0.2) is 4.98 Å². The number of aromatic nitrogens is 2. The van der Waals surface area contributed by atoms with Crippen LogP contribution < -0.4 is 10.6 Å². The van der Waals surface area contributed by atoms with Crippen molar-refractivity contribution in [1.29, 1.82) is 0 Å². The molecular weight excluding hydrogens is 252 g/mol. The summed E-state index contributed by atoms with van der Waals surface area (Å²) in [6.45, 7) is 3.06. The zero-order chi connectivity index (χ0) is 14.1. The Morgan fingerprint density at radius 3 is 2.85 bits per heavy atom. The van der Waals surface area contributed by atoms with Gasteiger partial charge in [0.1, 0.15) is 17.2 Å². The maximum Gasteiger partial charge on any atom is 0.152 e. The lowest BCUT2D eigenvalue weighted by atomic mass is 10.3. The summed E-state index contributed by atoms with van der Waals surface area (Å²) in [7, 11) is 2.00. The Morgan fingerprint density at radius 2 is 2.15 bits per heavy atom. The first-order valence-corrected chi connectivity index (χ1v) is 6.61. The third kappa shape index (κ3) is 2.16. The monoisotopic (exact) mass is 270 g/mol. The highest BCUT2D eigenvalue weighted by atomic mass is 16.3. The average Bonchev–Trinajstić information content (AvgIpc) is 3.01. The maximum absolute atomic E-state index is 5.89. The second-order valence-electron chi connectivity index (χ2n) is 4.88. The minimum absolute atomic E-state index is 0.446. The van der Waals surface area contributed by atoms with Gasteiger partial charge in [-0.05, 0) is 31.2 Å². The fraction of sp³-hybridized carbons (Fsp3) is 0.267. The molecule has 0 saturated carbocycles. The smallest absolute Gasteiger partial charge is 0.152 e. The number of furan rings is 1. The number of imidazole rings is 1. The van der Waals surface area contributed by atoms with Crippen molar-refractivity contribution in [3.63, 3.8) is 0 Å². The molecule has 3 rings (SSSR count). The van der Waals surface area contributed by atoms with Crippen LogP contribution in [0.3, 0.4) is 0 Å². The van der Waals surface area contributed by atoms with Crippen LogP contribution in [0, 0.1) is 6.92 Å². The van der Waals surface area contributed by atoms with Crippen molar-refractivity contribution in [3.8, 4) is 0 Å². The lowest BCUT2D eigenvalue weighted by Gasteiger charge is -2.16. The second kappa shape index (κ2) is 5.02. The summed E-state index contributed by atoms with van der Waals surface area (Å²) in [6.07, 6.45) is 1.99. The normalized spacial score (nSPS) is 11.2. The zero-order valence-corrected chi connectivity index (χ0v) is 11.7. The van der Waals surface area contributed by atoms with Crippen molar-refractivity contribution >= 4 is 11.5 Å². The van der Waals surface area contributed by atoms with E-state index >= 15 is 0 Å². The number of hydrogen-bond donors (Lipinski definition) is 1. The van der Waals surface area contributed by atoms with Gasteiger partial charge in [0.15, 0.2) is 5.82 Å². The molecule has 0 bridgehead atoms. The molecule has 5 nitrogen and oxygen atoms in total. The molecule has 0 aromatic carbocycles. The summed E-state index contributed by atoms with van der Waals surface area (Å²) in [5.41, 5.74) is 7.80. The molecular formula is C15H18N4O. The SMILES string of the molecule is Cc1ccc(CN(C)c2nc3ccccn3c2CN)o1. The maximum atomic E-state index is 5.89. The van der Waals surface area contributed by atoms with Gasteiger partial charge in [-0.2, -0.15) is 0 Å². The third-order valence-corrected chi connectivity index (χ3v) is 3.35. The number of hydrogen-bond acceptors (Lipinski definition) is 4. The average molecular weight is 270 g/mol. The van der Waals surface area contributed by atoms with E-state index in [1.165, 1.54) is 0 Å². The van der Waals surface area contributed by atoms with E-state index in [1.807, 2.05) is 54.9 Å². The van der Waals surface area contributed by atoms with Crippen molar-refractivity contribution < 1.29 is 4.42 Å². The second-order valence-corrected chi connectivity index (χ2v) is 4.88. The van der Waals surface area contributed by atoms with Crippen LogP contribution in [0.2, 0.25) is 0 Å². The van der Waals surface area contributed by atoms with Gasteiger partial charge in [-0.3, -0.25) is 0 Å². The highest BCUT2D eigenvalue weighted by Crippen LogP contribution is 2.22. The van der Waals surface area contributed by atoms with Crippen LogP contribution in [-0.4, -0.2) is 16.4 Å².